The van der Waals surface area contributed by atoms with E-state index in [0.29, 0.717) is 5.33 Å². The number of anilines is 1. The van der Waals surface area contributed by atoms with Crippen molar-refractivity contribution < 1.29 is 0 Å². The van der Waals surface area contributed by atoms with Crippen LogP contribution in [0.5, 0.6) is 0 Å². The molecule has 0 saturated heterocycles. The number of hydrogen-bond acceptors (Lipinski definition) is 2. The maximum atomic E-state index is 5.24. The number of benzene rings is 1. The molecule has 62 valence electrons. The van der Waals surface area contributed by atoms with E-state index in [2.05, 4.69) is 33.2 Å². The van der Waals surface area contributed by atoms with Gasteiger partial charge in [-0.1, -0.05) is 33.8 Å². The van der Waals surface area contributed by atoms with E-state index in [4.69, 9.17) is 5.84 Å². The number of nitrogens with one attached hydrogen (secondary N) is 1. The quantitative estimate of drug-likeness (QED) is 0.330. The first-order valence-corrected chi connectivity index (χ1v) is 4.60. The second-order valence-electron chi connectivity index (χ2n) is 2.16. The Morgan fingerprint density at radius 3 is 3.00 bits per heavy atom. The summed E-state index contributed by atoms with van der Waals surface area (Å²) >= 11 is 3.23. The van der Waals surface area contributed by atoms with Gasteiger partial charge in [0.05, 0.1) is 5.33 Å². The summed E-state index contributed by atoms with van der Waals surface area (Å²) in [6.45, 7) is 0. The molecular weight excluding hydrogens is 216 g/mol. The summed E-state index contributed by atoms with van der Waals surface area (Å²) < 4.78 is 0. The summed E-state index contributed by atoms with van der Waals surface area (Å²) in [5, 5.41) is 0.688. The summed E-state index contributed by atoms with van der Waals surface area (Å²) in [6, 6.07) is 7.64. The summed E-state index contributed by atoms with van der Waals surface area (Å²) in [6.07, 6.45) is 0. The van der Waals surface area contributed by atoms with Crippen LogP contribution in [0.3, 0.4) is 0 Å². The third-order valence-corrected chi connectivity index (χ3v) is 1.61. The molecule has 0 aromatic heterocycles. The molecule has 3 heteroatoms. The van der Waals surface area contributed by atoms with Crippen molar-refractivity contribution in [2.24, 2.45) is 5.84 Å². The average Bonchev–Trinajstić information content (AvgIpc) is 2.15. The molecule has 0 aliphatic heterocycles. The highest BCUT2D eigenvalue weighted by atomic mass is 79.9. The highest BCUT2D eigenvalue weighted by Gasteiger charge is 1.88. The maximum Gasteiger partial charge on any atom is 0.0649 e. The molecule has 0 heterocycles. The van der Waals surface area contributed by atoms with Gasteiger partial charge in [-0.05, 0) is 18.2 Å². The molecule has 0 saturated carbocycles. The van der Waals surface area contributed by atoms with Gasteiger partial charge in [0.2, 0.25) is 0 Å². The Hall–Kier alpha value is -0.980. The Balaban J connectivity index is 2.86. The number of hydrogen-bond donors (Lipinski definition) is 2. The summed E-state index contributed by atoms with van der Waals surface area (Å²) in [4.78, 5) is 0. The van der Waals surface area contributed by atoms with Crippen LogP contribution in [-0.4, -0.2) is 5.33 Å². The predicted octanol–water partition coefficient (Wildman–Crippen LogP) is 1.72. The molecule has 0 bridgehead atoms. The minimum absolute atomic E-state index is 0.688. The van der Waals surface area contributed by atoms with Crippen molar-refractivity contribution in [3.05, 3.63) is 29.8 Å². The standard InChI is InChI=1S/C9H9BrN2/c10-6-2-4-8-3-1-5-9(7-8)12-11/h1,3,5,7,12H,6,11H2. The zero-order valence-electron chi connectivity index (χ0n) is 6.47. The minimum Gasteiger partial charge on any atom is -0.324 e. The van der Waals surface area contributed by atoms with Gasteiger partial charge in [0.15, 0.2) is 0 Å². The molecule has 0 spiro atoms. The van der Waals surface area contributed by atoms with Gasteiger partial charge in [-0.25, -0.2) is 0 Å². The van der Waals surface area contributed by atoms with E-state index >= 15 is 0 Å². The topological polar surface area (TPSA) is 38.0 Å². The highest BCUT2D eigenvalue weighted by Crippen LogP contribution is 2.07. The van der Waals surface area contributed by atoms with Crippen LogP contribution in [-0.2, 0) is 0 Å². The van der Waals surface area contributed by atoms with Crippen molar-refractivity contribution in [3.8, 4) is 11.8 Å². The SMILES string of the molecule is NNc1cccc(C#CCBr)c1. The summed E-state index contributed by atoms with van der Waals surface area (Å²) in [5.74, 6) is 11.1. The first-order valence-electron chi connectivity index (χ1n) is 3.48. The Morgan fingerprint density at radius 1 is 1.50 bits per heavy atom. The van der Waals surface area contributed by atoms with Crippen LogP contribution in [0.25, 0.3) is 0 Å². The predicted molar refractivity (Wildman–Crippen MR) is 54.9 cm³/mol. The van der Waals surface area contributed by atoms with Crippen LogP contribution in [0.1, 0.15) is 5.56 Å². The van der Waals surface area contributed by atoms with Crippen molar-refractivity contribution in [1.82, 2.24) is 0 Å². The molecule has 0 atom stereocenters. The molecule has 0 aliphatic carbocycles. The Labute approximate surface area is 80.3 Å². The van der Waals surface area contributed by atoms with Crippen molar-refractivity contribution >= 4 is 21.6 Å². The van der Waals surface area contributed by atoms with Crippen molar-refractivity contribution in [3.63, 3.8) is 0 Å². The first-order chi connectivity index (χ1) is 5.86. The highest BCUT2D eigenvalue weighted by molar-refractivity contribution is 9.09. The van der Waals surface area contributed by atoms with Crippen molar-refractivity contribution in [2.75, 3.05) is 10.8 Å². The second kappa shape index (κ2) is 4.81. The number of nitrogen functional groups attached to an aromatic ring is 1. The van der Waals surface area contributed by atoms with Crippen LogP contribution in [0.4, 0.5) is 5.69 Å². The monoisotopic (exact) mass is 224 g/mol. The Kier molecular flexibility index (Phi) is 3.65. The largest absolute Gasteiger partial charge is 0.324 e. The number of alkyl halides is 1. The molecule has 3 N–H and O–H groups in total. The summed E-state index contributed by atoms with van der Waals surface area (Å²) in [5.41, 5.74) is 4.40. The number of hydrazine groups is 1. The fraction of sp³-hybridized carbons (Fsp3) is 0.111. The van der Waals surface area contributed by atoms with E-state index in [1.807, 2.05) is 24.3 Å². The van der Waals surface area contributed by atoms with Crippen LogP contribution < -0.4 is 11.3 Å². The van der Waals surface area contributed by atoms with E-state index in [1.165, 1.54) is 0 Å². The molecule has 0 unspecified atom stereocenters. The molecule has 0 radical (unpaired) electrons. The summed E-state index contributed by atoms with van der Waals surface area (Å²) in [7, 11) is 0. The zero-order valence-corrected chi connectivity index (χ0v) is 8.06. The average molecular weight is 225 g/mol. The van der Waals surface area contributed by atoms with E-state index in [1.54, 1.807) is 0 Å². The number of rotatable bonds is 1. The molecule has 0 fully saturated rings. The van der Waals surface area contributed by atoms with Gasteiger partial charge < -0.3 is 5.43 Å². The van der Waals surface area contributed by atoms with Gasteiger partial charge >= 0.3 is 0 Å². The fourth-order valence-electron chi connectivity index (χ4n) is 0.822. The van der Waals surface area contributed by atoms with Crippen LogP contribution in [0.2, 0.25) is 0 Å². The molecule has 0 amide bonds. The van der Waals surface area contributed by atoms with Crippen molar-refractivity contribution in [1.29, 1.82) is 0 Å². The first kappa shape index (κ1) is 9.11. The molecule has 1 aromatic carbocycles. The van der Waals surface area contributed by atoms with E-state index in [-0.39, 0.29) is 0 Å². The van der Waals surface area contributed by atoms with Gasteiger partial charge in [0.1, 0.15) is 0 Å². The second-order valence-corrected chi connectivity index (χ2v) is 2.72. The lowest BCUT2D eigenvalue weighted by molar-refractivity contribution is 1.35. The van der Waals surface area contributed by atoms with Gasteiger partial charge in [-0.3, -0.25) is 5.84 Å². The fourth-order valence-corrected chi connectivity index (χ4v) is 0.962. The van der Waals surface area contributed by atoms with Crippen LogP contribution in [0.15, 0.2) is 24.3 Å². The Morgan fingerprint density at radius 2 is 2.33 bits per heavy atom. The lowest BCUT2D eigenvalue weighted by atomic mass is 10.2. The molecule has 1 aromatic rings. The van der Waals surface area contributed by atoms with E-state index in [0.717, 1.165) is 11.3 Å². The lowest BCUT2D eigenvalue weighted by Gasteiger charge is -1.98. The maximum absolute atomic E-state index is 5.24. The normalized spacial score (nSPS) is 8.50. The smallest absolute Gasteiger partial charge is 0.0649 e. The molecule has 12 heavy (non-hydrogen) atoms. The van der Waals surface area contributed by atoms with Crippen LogP contribution >= 0.6 is 15.9 Å². The van der Waals surface area contributed by atoms with Gasteiger partial charge in [0.25, 0.3) is 0 Å². The Bertz CT molecular complexity index is 312. The van der Waals surface area contributed by atoms with Gasteiger partial charge in [-0.15, -0.1) is 0 Å². The van der Waals surface area contributed by atoms with Crippen LogP contribution in [0, 0.1) is 11.8 Å². The van der Waals surface area contributed by atoms with Crippen molar-refractivity contribution in [2.45, 2.75) is 0 Å². The third kappa shape index (κ3) is 2.57. The van der Waals surface area contributed by atoms with Gasteiger partial charge in [-0.2, -0.15) is 0 Å². The van der Waals surface area contributed by atoms with Gasteiger partial charge in [0, 0.05) is 11.3 Å². The zero-order chi connectivity index (χ0) is 8.81. The minimum atomic E-state index is 0.688. The molecule has 1 rings (SSSR count). The number of halogens is 1. The number of nitrogens with two attached hydrogens (primary N) is 1. The molecule has 2 nitrogen and oxygen atoms in total. The van der Waals surface area contributed by atoms with E-state index in [9.17, 15) is 0 Å². The molecule has 0 aliphatic rings. The lowest BCUT2D eigenvalue weighted by Crippen LogP contribution is -2.06. The molecular formula is C9H9BrN2. The third-order valence-electron chi connectivity index (χ3n) is 1.33. The van der Waals surface area contributed by atoms with E-state index < -0.39 is 0 Å².